The summed E-state index contributed by atoms with van der Waals surface area (Å²) >= 11 is 0. The number of nitrogens with zero attached hydrogens (tertiary/aromatic N) is 4. The lowest BCUT2D eigenvalue weighted by molar-refractivity contribution is -0.149. The molecule has 1 aliphatic heterocycles. The van der Waals surface area contributed by atoms with Gasteiger partial charge in [-0.15, -0.1) is 0 Å². The molecule has 1 fully saturated rings. The highest BCUT2D eigenvalue weighted by atomic mass is 16.5. The van der Waals surface area contributed by atoms with Crippen molar-refractivity contribution in [3.63, 3.8) is 0 Å². The highest BCUT2D eigenvalue weighted by Gasteiger charge is 2.31. The fourth-order valence-electron chi connectivity index (χ4n) is 4.92. The third-order valence-corrected chi connectivity index (χ3v) is 6.68. The minimum Gasteiger partial charge on any atom is -0.466 e. The molecule has 2 aromatic heterocycles. The van der Waals surface area contributed by atoms with E-state index in [2.05, 4.69) is 18.0 Å². The van der Waals surface area contributed by atoms with Crippen LogP contribution in [-0.2, 0) is 33.8 Å². The third-order valence-electron chi connectivity index (χ3n) is 6.68. The van der Waals surface area contributed by atoms with Gasteiger partial charge in [-0.05, 0) is 69.1 Å². The molecule has 0 radical (unpaired) electrons. The summed E-state index contributed by atoms with van der Waals surface area (Å²) in [4.78, 5) is 31.2. The summed E-state index contributed by atoms with van der Waals surface area (Å²) in [5, 5.41) is 4.74. The Kier molecular flexibility index (Phi) is 6.68. The normalized spacial score (nSPS) is 20.9. The zero-order valence-electron chi connectivity index (χ0n) is 18.5. The van der Waals surface area contributed by atoms with Crippen molar-refractivity contribution >= 4 is 11.9 Å². The molecule has 0 saturated heterocycles. The lowest BCUT2D eigenvalue weighted by Gasteiger charge is -2.31. The first-order chi connectivity index (χ1) is 15.0. The maximum absolute atomic E-state index is 13.1. The molecule has 0 aromatic carbocycles. The molecule has 3 heterocycles. The van der Waals surface area contributed by atoms with Crippen molar-refractivity contribution in [3.05, 3.63) is 47.0 Å². The summed E-state index contributed by atoms with van der Waals surface area (Å²) in [5.74, 6) is 0.514. The van der Waals surface area contributed by atoms with Crippen LogP contribution >= 0.6 is 0 Å². The summed E-state index contributed by atoms with van der Waals surface area (Å²) in [6.07, 6.45) is 8.57. The number of aryl methyl sites for hydroxylation is 1. The second kappa shape index (κ2) is 9.62. The molecule has 7 nitrogen and oxygen atoms in total. The van der Waals surface area contributed by atoms with Gasteiger partial charge in [0.1, 0.15) is 0 Å². The van der Waals surface area contributed by atoms with Crippen molar-refractivity contribution in [2.75, 3.05) is 13.2 Å². The number of aromatic nitrogens is 3. The van der Waals surface area contributed by atoms with Crippen molar-refractivity contribution in [1.82, 2.24) is 19.7 Å². The zero-order valence-corrected chi connectivity index (χ0v) is 18.5. The van der Waals surface area contributed by atoms with Crippen molar-refractivity contribution in [2.45, 2.75) is 65.5 Å². The Morgan fingerprint density at radius 2 is 2.03 bits per heavy atom. The van der Waals surface area contributed by atoms with Crippen LogP contribution in [0.5, 0.6) is 0 Å². The van der Waals surface area contributed by atoms with Crippen LogP contribution in [0.25, 0.3) is 0 Å². The van der Waals surface area contributed by atoms with Gasteiger partial charge in [-0.2, -0.15) is 5.10 Å². The summed E-state index contributed by atoms with van der Waals surface area (Å²) in [6.45, 7) is 6.38. The molecule has 1 aliphatic carbocycles. The smallest absolute Gasteiger partial charge is 0.308 e. The highest BCUT2D eigenvalue weighted by molar-refractivity contribution is 5.77. The predicted molar refractivity (Wildman–Crippen MR) is 116 cm³/mol. The zero-order chi connectivity index (χ0) is 21.8. The van der Waals surface area contributed by atoms with Crippen LogP contribution in [-0.4, -0.2) is 44.7 Å². The van der Waals surface area contributed by atoms with Crippen molar-refractivity contribution in [1.29, 1.82) is 0 Å². The van der Waals surface area contributed by atoms with E-state index < -0.39 is 0 Å². The van der Waals surface area contributed by atoms with Crippen LogP contribution in [0, 0.1) is 18.8 Å². The molecule has 0 N–H and O–H groups in total. The second-order valence-corrected chi connectivity index (χ2v) is 8.77. The molecule has 166 valence electrons. The topological polar surface area (TPSA) is 77.3 Å². The van der Waals surface area contributed by atoms with Gasteiger partial charge in [-0.1, -0.05) is 6.07 Å². The summed E-state index contributed by atoms with van der Waals surface area (Å²) in [6, 6.07) is 3.99. The van der Waals surface area contributed by atoms with Gasteiger partial charge >= 0.3 is 5.97 Å². The molecule has 31 heavy (non-hydrogen) atoms. The van der Waals surface area contributed by atoms with Gasteiger partial charge in [0.15, 0.2) is 0 Å². The summed E-state index contributed by atoms with van der Waals surface area (Å²) in [7, 11) is 0. The summed E-state index contributed by atoms with van der Waals surface area (Å²) < 4.78 is 7.19. The average Bonchev–Trinajstić information content (AvgIpc) is 3.09. The first-order valence-electron chi connectivity index (χ1n) is 11.4. The lowest BCUT2D eigenvalue weighted by Crippen LogP contribution is -2.38. The molecule has 0 spiro atoms. The van der Waals surface area contributed by atoms with E-state index in [4.69, 9.17) is 9.84 Å². The first-order valence-corrected chi connectivity index (χ1v) is 11.4. The van der Waals surface area contributed by atoms with Gasteiger partial charge in [-0.3, -0.25) is 19.3 Å². The number of rotatable bonds is 6. The Labute approximate surface area is 183 Å². The van der Waals surface area contributed by atoms with Gasteiger partial charge in [0.25, 0.3) is 0 Å². The van der Waals surface area contributed by atoms with E-state index in [0.717, 1.165) is 55.6 Å². The van der Waals surface area contributed by atoms with Gasteiger partial charge in [0, 0.05) is 25.4 Å². The molecule has 0 bridgehead atoms. The standard InChI is InChI=1S/C24H32N4O3/c1-3-31-24(30)20-8-6-18(7-9-20)13-23(29)27-12-10-21-17(2)26-28(22(21)16-27)15-19-5-4-11-25-14-19/h4-5,11,14,18,20H,3,6-10,12-13,15-16H2,1-2H3/t18-,20-. The van der Waals surface area contributed by atoms with E-state index in [0.29, 0.717) is 32.0 Å². The number of amides is 1. The largest absolute Gasteiger partial charge is 0.466 e. The van der Waals surface area contributed by atoms with Gasteiger partial charge in [-0.25, -0.2) is 0 Å². The Balaban J connectivity index is 1.35. The number of fused-ring (bicyclic) bond motifs is 1. The van der Waals surface area contributed by atoms with Gasteiger partial charge in [0.05, 0.1) is 37.0 Å². The van der Waals surface area contributed by atoms with E-state index in [1.165, 1.54) is 5.56 Å². The second-order valence-electron chi connectivity index (χ2n) is 8.77. The number of carbonyl (C=O) groups is 2. The van der Waals surface area contributed by atoms with Crippen LogP contribution in [0.4, 0.5) is 0 Å². The van der Waals surface area contributed by atoms with E-state index in [9.17, 15) is 9.59 Å². The highest BCUT2D eigenvalue weighted by Crippen LogP contribution is 2.32. The molecule has 4 rings (SSSR count). The molecule has 0 unspecified atom stereocenters. The van der Waals surface area contributed by atoms with Gasteiger partial charge < -0.3 is 9.64 Å². The van der Waals surface area contributed by atoms with E-state index in [1.807, 2.05) is 28.8 Å². The van der Waals surface area contributed by atoms with Crippen molar-refractivity contribution < 1.29 is 14.3 Å². The van der Waals surface area contributed by atoms with Crippen LogP contribution in [0.2, 0.25) is 0 Å². The molecule has 7 heteroatoms. The maximum Gasteiger partial charge on any atom is 0.308 e. The van der Waals surface area contributed by atoms with E-state index in [1.54, 1.807) is 6.20 Å². The molecular formula is C24H32N4O3. The van der Waals surface area contributed by atoms with E-state index in [-0.39, 0.29) is 17.8 Å². The molecule has 1 amide bonds. The average molecular weight is 425 g/mol. The van der Waals surface area contributed by atoms with Crippen LogP contribution < -0.4 is 0 Å². The number of ether oxygens (including phenoxy) is 1. The first kappa shape index (κ1) is 21.5. The number of hydrogen-bond donors (Lipinski definition) is 0. The van der Waals surface area contributed by atoms with Crippen molar-refractivity contribution in [3.8, 4) is 0 Å². The number of hydrogen-bond acceptors (Lipinski definition) is 5. The van der Waals surface area contributed by atoms with Crippen LogP contribution in [0.3, 0.4) is 0 Å². The maximum atomic E-state index is 13.1. The number of pyridine rings is 1. The van der Waals surface area contributed by atoms with Crippen molar-refractivity contribution in [2.24, 2.45) is 11.8 Å². The summed E-state index contributed by atoms with van der Waals surface area (Å²) in [5.41, 5.74) is 4.59. The molecule has 2 aromatic rings. The SMILES string of the molecule is CCOC(=O)[C@H]1CC[C@H](CC(=O)N2CCc3c(C)nn(Cc4cccnc4)c3C2)CC1. The Hall–Kier alpha value is -2.70. The van der Waals surface area contributed by atoms with Crippen LogP contribution in [0.1, 0.15) is 61.5 Å². The lowest BCUT2D eigenvalue weighted by atomic mass is 9.80. The fraction of sp³-hybridized carbons (Fsp3) is 0.583. The monoisotopic (exact) mass is 424 g/mol. The third kappa shape index (κ3) is 4.97. The molecule has 1 saturated carbocycles. The van der Waals surface area contributed by atoms with E-state index >= 15 is 0 Å². The van der Waals surface area contributed by atoms with Crippen LogP contribution in [0.15, 0.2) is 24.5 Å². The number of carbonyl (C=O) groups excluding carboxylic acids is 2. The molecule has 0 atom stereocenters. The quantitative estimate of drug-likeness (QED) is 0.665. The Morgan fingerprint density at radius 1 is 1.23 bits per heavy atom. The number of esters is 1. The predicted octanol–water partition coefficient (Wildman–Crippen LogP) is 3.28. The molecule has 2 aliphatic rings. The molecular weight excluding hydrogens is 392 g/mol. The minimum absolute atomic E-state index is 0.00801. The fourth-order valence-corrected chi connectivity index (χ4v) is 4.92. The Bertz CT molecular complexity index is 916. The van der Waals surface area contributed by atoms with Gasteiger partial charge in [0.2, 0.25) is 5.91 Å². The minimum atomic E-state index is -0.0758. The Morgan fingerprint density at radius 3 is 2.74 bits per heavy atom.